The number of benzene rings is 2. The molecule has 3 fully saturated rings. The maximum Gasteiger partial charge on any atom is 0.331 e. The summed E-state index contributed by atoms with van der Waals surface area (Å²) in [6, 6.07) is 7.83. The highest BCUT2D eigenvalue weighted by atomic mass is 16.8. The van der Waals surface area contributed by atoms with Crippen molar-refractivity contribution in [3.05, 3.63) is 53.6 Å². The van der Waals surface area contributed by atoms with Crippen molar-refractivity contribution in [1.82, 2.24) is 0 Å². The lowest BCUT2D eigenvalue weighted by atomic mass is 9.96. The van der Waals surface area contributed by atoms with E-state index in [4.69, 9.17) is 33.2 Å². The normalized spacial score (nSPS) is 36.2. The summed E-state index contributed by atoms with van der Waals surface area (Å²) in [6.45, 7) is -0.718. The molecular formula is C34H44O19. The van der Waals surface area contributed by atoms with E-state index in [0.717, 1.165) is 6.08 Å². The van der Waals surface area contributed by atoms with Crippen LogP contribution in [0, 0.1) is 0 Å². The van der Waals surface area contributed by atoms with Crippen molar-refractivity contribution in [2.24, 2.45) is 0 Å². The van der Waals surface area contributed by atoms with Crippen molar-refractivity contribution in [1.29, 1.82) is 0 Å². The van der Waals surface area contributed by atoms with Crippen LogP contribution in [0.3, 0.4) is 0 Å². The van der Waals surface area contributed by atoms with Gasteiger partial charge in [-0.3, -0.25) is 0 Å². The molecule has 3 saturated heterocycles. The number of ether oxygens (including phenoxy) is 7. The zero-order valence-corrected chi connectivity index (χ0v) is 28.3. The van der Waals surface area contributed by atoms with E-state index in [1.165, 1.54) is 49.4 Å². The molecule has 3 aliphatic heterocycles. The van der Waals surface area contributed by atoms with Gasteiger partial charge in [0.1, 0.15) is 48.3 Å². The lowest BCUT2D eigenvalue weighted by molar-refractivity contribution is -0.360. The van der Waals surface area contributed by atoms with Crippen molar-refractivity contribution in [2.45, 2.75) is 92.8 Å². The highest BCUT2D eigenvalue weighted by Gasteiger charge is 2.54. The molecule has 0 aromatic heterocycles. The Morgan fingerprint density at radius 1 is 0.830 bits per heavy atom. The Morgan fingerprint density at radius 3 is 2.19 bits per heavy atom. The van der Waals surface area contributed by atoms with E-state index < -0.39 is 117 Å². The second-order valence-corrected chi connectivity index (χ2v) is 13.0. The van der Waals surface area contributed by atoms with Crippen LogP contribution in [0.5, 0.6) is 23.0 Å². The number of aromatic hydroxyl groups is 4. The minimum absolute atomic E-state index is 0.136. The number of esters is 1. The lowest BCUT2D eigenvalue weighted by Crippen LogP contribution is -2.65. The molecule has 2 aromatic rings. The van der Waals surface area contributed by atoms with Crippen LogP contribution in [0.25, 0.3) is 6.08 Å². The van der Waals surface area contributed by atoms with Crippen molar-refractivity contribution in [3.63, 3.8) is 0 Å². The highest BCUT2D eigenvalue weighted by molar-refractivity contribution is 5.87. The Bertz CT molecular complexity index is 1570. The van der Waals surface area contributed by atoms with E-state index in [1.54, 1.807) is 0 Å². The minimum atomic E-state index is -2.05. The molecule has 0 spiro atoms. The number of hydrogen-bond acceptors (Lipinski definition) is 19. The summed E-state index contributed by atoms with van der Waals surface area (Å²) in [5, 5.41) is 112. The van der Waals surface area contributed by atoms with Gasteiger partial charge in [0, 0.05) is 6.08 Å². The van der Waals surface area contributed by atoms with Gasteiger partial charge in [0.2, 0.25) is 0 Å². The van der Waals surface area contributed by atoms with Gasteiger partial charge < -0.3 is 89.3 Å². The van der Waals surface area contributed by atoms with E-state index in [1.807, 2.05) is 0 Å². The van der Waals surface area contributed by atoms with Crippen molar-refractivity contribution >= 4 is 12.0 Å². The Hall–Kier alpha value is -3.67. The number of carbonyl (C=O) groups is 1. The molecule has 0 amide bonds. The molecule has 13 atom stereocenters. The van der Waals surface area contributed by atoms with Gasteiger partial charge in [-0.15, -0.1) is 0 Å². The smallest absolute Gasteiger partial charge is 0.331 e. The molecule has 3 aliphatic rings. The fraction of sp³-hybridized carbons (Fsp3) is 0.559. The molecular weight excluding hydrogens is 712 g/mol. The average molecular weight is 757 g/mol. The van der Waals surface area contributed by atoms with Crippen LogP contribution in [0.15, 0.2) is 42.5 Å². The van der Waals surface area contributed by atoms with Gasteiger partial charge in [-0.1, -0.05) is 12.1 Å². The first-order valence-corrected chi connectivity index (χ1v) is 16.6. The number of aliphatic hydroxyl groups is 7. The first kappa shape index (κ1) is 40.5. The number of aliphatic hydroxyl groups excluding tert-OH is 6. The molecule has 19 heteroatoms. The topological polar surface area (TPSA) is 304 Å². The second-order valence-electron chi connectivity index (χ2n) is 13.0. The Balaban J connectivity index is 1.42. The van der Waals surface area contributed by atoms with Crippen LogP contribution in [0.4, 0.5) is 0 Å². The molecule has 0 unspecified atom stereocenters. The summed E-state index contributed by atoms with van der Waals surface area (Å²) in [5.74, 6) is -2.62. The van der Waals surface area contributed by atoms with Gasteiger partial charge in [-0.05, 0) is 54.8 Å². The summed E-state index contributed by atoms with van der Waals surface area (Å²) in [6.07, 6.45) is -17.0. The third-order valence-corrected chi connectivity index (χ3v) is 9.09. The van der Waals surface area contributed by atoms with E-state index >= 15 is 0 Å². The van der Waals surface area contributed by atoms with Crippen LogP contribution in [-0.4, -0.2) is 168 Å². The molecule has 0 radical (unpaired) electrons. The quantitative estimate of drug-likeness (QED) is 0.0569. The predicted octanol–water partition coefficient (Wildman–Crippen LogP) is -2.55. The van der Waals surface area contributed by atoms with Crippen LogP contribution < -0.4 is 0 Å². The average Bonchev–Trinajstić information content (AvgIpc) is 3.42. The maximum atomic E-state index is 13.2. The van der Waals surface area contributed by atoms with Gasteiger partial charge >= 0.3 is 5.97 Å². The third-order valence-electron chi connectivity index (χ3n) is 9.09. The molecule has 294 valence electrons. The monoisotopic (exact) mass is 756 g/mol. The summed E-state index contributed by atoms with van der Waals surface area (Å²) in [7, 11) is 0. The van der Waals surface area contributed by atoms with E-state index in [0.29, 0.717) is 5.56 Å². The highest BCUT2D eigenvalue weighted by Crippen LogP contribution is 2.34. The molecule has 2 aromatic carbocycles. The Kier molecular flexibility index (Phi) is 13.2. The number of rotatable bonds is 13. The molecule has 0 bridgehead atoms. The Morgan fingerprint density at radius 2 is 1.53 bits per heavy atom. The number of phenolic OH excluding ortho intramolecular Hbond substituents is 4. The molecule has 5 rings (SSSR count). The predicted molar refractivity (Wildman–Crippen MR) is 174 cm³/mol. The van der Waals surface area contributed by atoms with Crippen LogP contribution in [-0.2, 0) is 44.4 Å². The Labute approximate surface area is 302 Å². The summed E-state index contributed by atoms with van der Waals surface area (Å²) < 4.78 is 40.0. The SMILES string of the molecule is C[C@H]1O[C@H](O[C@H]2[C@H](O)[C@@H](OCCc3ccc(O)c(O)c3)O[C@@H](CO[C@@H]3OC[C@@](O)(CO)[C@H]3O)[C@@H]2OC(=O)C=Cc2ccc(O)c(O)c2)[C@@H](O)[C@@H](O)[C@@H]1O. The van der Waals surface area contributed by atoms with Crippen LogP contribution in [0.1, 0.15) is 18.1 Å². The molecule has 3 heterocycles. The second kappa shape index (κ2) is 17.2. The lowest BCUT2D eigenvalue weighted by Gasteiger charge is -2.46. The molecule has 0 aliphatic carbocycles. The number of hydrogen-bond donors (Lipinski definition) is 11. The zero-order valence-electron chi connectivity index (χ0n) is 28.3. The summed E-state index contributed by atoms with van der Waals surface area (Å²) in [4.78, 5) is 13.2. The fourth-order valence-electron chi connectivity index (χ4n) is 5.87. The van der Waals surface area contributed by atoms with Gasteiger partial charge in [-0.2, -0.15) is 0 Å². The van der Waals surface area contributed by atoms with Crippen molar-refractivity contribution in [3.8, 4) is 23.0 Å². The van der Waals surface area contributed by atoms with Gasteiger partial charge in [0.15, 0.2) is 48.0 Å². The zero-order chi connectivity index (χ0) is 38.6. The maximum absolute atomic E-state index is 13.2. The van der Waals surface area contributed by atoms with Crippen molar-refractivity contribution < 1.29 is 94.1 Å². The van der Waals surface area contributed by atoms with E-state index in [9.17, 15) is 61.0 Å². The van der Waals surface area contributed by atoms with Gasteiger partial charge in [0.05, 0.1) is 32.5 Å². The van der Waals surface area contributed by atoms with Crippen LogP contribution >= 0.6 is 0 Å². The summed E-state index contributed by atoms with van der Waals surface area (Å²) >= 11 is 0. The first-order valence-electron chi connectivity index (χ1n) is 16.6. The first-order chi connectivity index (χ1) is 25.1. The fourth-order valence-corrected chi connectivity index (χ4v) is 5.87. The van der Waals surface area contributed by atoms with Crippen LogP contribution in [0.2, 0.25) is 0 Å². The molecule has 53 heavy (non-hydrogen) atoms. The number of carbonyl (C=O) groups excluding carboxylic acids is 1. The third kappa shape index (κ3) is 9.35. The minimum Gasteiger partial charge on any atom is -0.504 e. The molecule has 0 saturated carbocycles. The van der Waals surface area contributed by atoms with E-state index in [-0.39, 0.29) is 30.1 Å². The van der Waals surface area contributed by atoms with Gasteiger partial charge in [-0.25, -0.2) is 4.79 Å². The van der Waals surface area contributed by atoms with Crippen molar-refractivity contribution in [2.75, 3.05) is 26.4 Å². The number of phenols is 4. The summed E-state index contributed by atoms with van der Waals surface area (Å²) in [5.41, 5.74) is -1.24. The largest absolute Gasteiger partial charge is 0.504 e. The molecule has 11 N–H and O–H groups in total. The standard InChI is InChI=1S/C34H44O19/c1-15-24(41)25(42)26(43)32(50-15)53-29-27(44)31(47-9-8-17-3-6-19(37)21(39)11-17)51-22(12-48-33-30(45)34(46,13-35)14-49-33)28(29)52-23(40)7-4-16-2-5-18(36)20(38)10-16/h2-7,10-11,15,22,24-33,35-39,41-46H,8-9,12-14H2,1H3/t15-,22+,24-,25+,26+,27+,28+,29+,30+,31+,32-,33-,34+/m1/s1. The van der Waals surface area contributed by atoms with E-state index in [2.05, 4.69) is 0 Å². The van der Waals surface area contributed by atoms with Gasteiger partial charge in [0.25, 0.3) is 0 Å². The molecule has 19 nitrogen and oxygen atoms in total.